The van der Waals surface area contributed by atoms with E-state index in [1.807, 2.05) is 0 Å². The van der Waals surface area contributed by atoms with Crippen molar-refractivity contribution in [2.75, 3.05) is 0 Å². The highest BCUT2D eigenvalue weighted by atomic mass is 16.3. The molecule has 0 saturated heterocycles. The van der Waals surface area contributed by atoms with Crippen LogP contribution >= 0.6 is 0 Å². The molecular weight excluding hydrogens is 196 g/mol. The van der Waals surface area contributed by atoms with Crippen LogP contribution in [-0.4, -0.2) is 5.11 Å². The summed E-state index contributed by atoms with van der Waals surface area (Å²) in [6.45, 7) is 12.7. The fourth-order valence-electron chi connectivity index (χ4n) is 2.20. The molecule has 2 unspecified atom stereocenters. The second-order valence-corrected chi connectivity index (χ2v) is 5.00. The lowest BCUT2D eigenvalue weighted by Crippen LogP contribution is -2.13. The summed E-state index contributed by atoms with van der Waals surface area (Å²) >= 11 is 0. The fraction of sp³-hybridized carbons (Fsp3) is 0.600. The minimum Gasteiger partial charge on any atom is -0.388 e. The molecule has 1 aromatic rings. The molecule has 0 heterocycles. The highest BCUT2D eigenvalue weighted by Crippen LogP contribution is 2.32. The van der Waals surface area contributed by atoms with E-state index in [2.05, 4.69) is 47.6 Å². The topological polar surface area (TPSA) is 20.2 Å². The summed E-state index contributed by atoms with van der Waals surface area (Å²) in [4.78, 5) is 0. The highest BCUT2D eigenvalue weighted by molar-refractivity contribution is 5.45. The normalized spacial score (nSPS) is 14.9. The average Bonchev–Trinajstić information content (AvgIpc) is 2.25. The van der Waals surface area contributed by atoms with Crippen molar-refractivity contribution in [1.29, 1.82) is 0 Å². The Bertz CT molecular complexity index is 353. The van der Waals surface area contributed by atoms with Gasteiger partial charge in [-0.3, -0.25) is 0 Å². The average molecular weight is 220 g/mol. The molecule has 0 aromatic heterocycles. The van der Waals surface area contributed by atoms with Crippen molar-refractivity contribution in [2.24, 2.45) is 5.92 Å². The maximum Gasteiger partial charge on any atom is 0.0820 e. The maximum atomic E-state index is 10.4. The first-order valence-corrected chi connectivity index (χ1v) is 6.15. The first kappa shape index (κ1) is 13.2. The number of hydrogen-bond acceptors (Lipinski definition) is 1. The van der Waals surface area contributed by atoms with Crippen LogP contribution in [0.4, 0.5) is 0 Å². The second kappa shape index (κ2) is 5.01. The zero-order valence-corrected chi connectivity index (χ0v) is 11.4. The molecule has 0 aliphatic rings. The Balaban J connectivity index is 3.31. The zero-order valence-electron chi connectivity index (χ0n) is 11.4. The van der Waals surface area contributed by atoms with E-state index in [4.69, 9.17) is 0 Å². The van der Waals surface area contributed by atoms with Gasteiger partial charge in [0.15, 0.2) is 0 Å². The molecule has 0 amide bonds. The Kier molecular flexibility index (Phi) is 4.15. The van der Waals surface area contributed by atoms with Crippen molar-refractivity contribution >= 4 is 0 Å². The predicted octanol–water partition coefficient (Wildman–Crippen LogP) is 4.00. The zero-order chi connectivity index (χ0) is 12.5. The van der Waals surface area contributed by atoms with Crippen LogP contribution in [0.15, 0.2) is 6.07 Å². The Morgan fingerprint density at radius 3 is 1.88 bits per heavy atom. The van der Waals surface area contributed by atoms with Gasteiger partial charge in [0, 0.05) is 0 Å². The number of aliphatic hydroxyl groups excluding tert-OH is 1. The molecule has 1 nitrogen and oxygen atoms in total. The van der Waals surface area contributed by atoms with Gasteiger partial charge in [0.1, 0.15) is 0 Å². The number of benzene rings is 1. The van der Waals surface area contributed by atoms with E-state index in [9.17, 15) is 5.11 Å². The van der Waals surface area contributed by atoms with Gasteiger partial charge < -0.3 is 5.11 Å². The lowest BCUT2D eigenvalue weighted by atomic mass is 9.85. The van der Waals surface area contributed by atoms with E-state index < -0.39 is 0 Å². The van der Waals surface area contributed by atoms with E-state index in [0.29, 0.717) is 5.92 Å². The van der Waals surface area contributed by atoms with Crippen LogP contribution in [0.2, 0.25) is 0 Å². The van der Waals surface area contributed by atoms with Crippen molar-refractivity contribution in [3.05, 3.63) is 33.9 Å². The van der Waals surface area contributed by atoms with Gasteiger partial charge >= 0.3 is 0 Å². The maximum absolute atomic E-state index is 10.4. The number of hydrogen-bond donors (Lipinski definition) is 1. The fourth-order valence-corrected chi connectivity index (χ4v) is 2.20. The number of aryl methyl sites for hydroxylation is 2. The molecular formula is C15H24O. The van der Waals surface area contributed by atoms with Gasteiger partial charge in [0.05, 0.1) is 6.10 Å². The van der Waals surface area contributed by atoms with Crippen LogP contribution in [0.5, 0.6) is 0 Å². The Morgan fingerprint density at radius 1 is 1.06 bits per heavy atom. The minimum absolute atomic E-state index is 0.318. The summed E-state index contributed by atoms with van der Waals surface area (Å²) in [6.07, 6.45) is 0.677. The number of aliphatic hydroxyl groups is 1. The lowest BCUT2D eigenvalue weighted by molar-refractivity contribution is 0.114. The van der Waals surface area contributed by atoms with Gasteiger partial charge in [-0.2, -0.15) is 0 Å². The summed E-state index contributed by atoms with van der Waals surface area (Å²) in [5.74, 6) is 0.318. The third-order valence-electron chi connectivity index (χ3n) is 3.90. The molecule has 1 heteroatoms. The van der Waals surface area contributed by atoms with Crippen molar-refractivity contribution in [1.82, 2.24) is 0 Å². The van der Waals surface area contributed by atoms with Gasteiger partial charge in [-0.25, -0.2) is 0 Å². The molecule has 1 rings (SSSR count). The van der Waals surface area contributed by atoms with Crippen LogP contribution < -0.4 is 0 Å². The molecule has 1 aromatic carbocycles. The van der Waals surface area contributed by atoms with E-state index in [1.54, 1.807) is 0 Å². The smallest absolute Gasteiger partial charge is 0.0820 e. The Hall–Kier alpha value is -0.820. The molecule has 90 valence electrons. The van der Waals surface area contributed by atoms with E-state index in [0.717, 1.165) is 12.0 Å². The molecule has 0 spiro atoms. The standard InChI is InChI=1S/C15H24O/c1-7-9(2)15(16)14-12(5)10(3)8-11(4)13(14)6/h8-9,15-16H,7H2,1-6H3. The molecule has 16 heavy (non-hydrogen) atoms. The van der Waals surface area contributed by atoms with Crippen molar-refractivity contribution in [3.63, 3.8) is 0 Å². The highest BCUT2D eigenvalue weighted by Gasteiger charge is 2.20. The van der Waals surface area contributed by atoms with E-state index in [-0.39, 0.29) is 6.10 Å². The van der Waals surface area contributed by atoms with E-state index >= 15 is 0 Å². The SMILES string of the molecule is CCC(C)C(O)c1c(C)c(C)cc(C)c1C. The molecule has 2 atom stereocenters. The third kappa shape index (κ3) is 2.30. The van der Waals surface area contributed by atoms with Crippen molar-refractivity contribution in [3.8, 4) is 0 Å². The van der Waals surface area contributed by atoms with Crippen LogP contribution in [0, 0.1) is 33.6 Å². The first-order chi connectivity index (χ1) is 7.40. The van der Waals surface area contributed by atoms with Crippen LogP contribution in [0.25, 0.3) is 0 Å². The Labute approximate surface area is 99.5 Å². The first-order valence-electron chi connectivity index (χ1n) is 6.15. The summed E-state index contributed by atoms with van der Waals surface area (Å²) in [5.41, 5.74) is 6.19. The molecule has 0 fully saturated rings. The largest absolute Gasteiger partial charge is 0.388 e. The summed E-state index contributed by atoms with van der Waals surface area (Å²) < 4.78 is 0. The number of rotatable bonds is 3. The molecule has 1 N–H and O–H groups in total. The lowest BCUT2D eigenvalue weighted by Gasteiger charge is -2.24. The van der Waals surface area contributed by atoms with Gasteiger partial charge in [-0.15, -0.1) is 0 Å². The van der Waals surface area contributed by atoms with Crippen LogP contribution in [0.3, 0.4) is 0 Å². The van der Waals surface area contributed by atoms with Gasteiger partial charge in [0.25, 0.3) is 0 Å². The molecule has 0 aliphatic heterocycles. The van der Waals surface area contributed by atoms with E-state index in [1.165, 1.54) is 22.3 Å². The van der Waals surface area contributed by atoms with Gasteiger partial charge in [-0.1, -0.05) is 26.3 Å². The van der Waals surface area contributed by atoms with Crippen LogP contribution in [0.1, 0.15) is 54.2 Å². The van der Waals surface area contributed by atoms with Gasteiger partial charge in [-0.05, 0) is 61.4 Å². The molecule has 0 aliphatic carbocycles. The Morgan fingerprint density at radius 2 is 1.50 bits per heavy atom. The van der Waals surface area contributed by atoms with Gasteiger partial charge in [0.2, 0.25) is 0 Å². The molecule has 0 saturated carbocycles. The third-order valence-corrected chi connectivity index (χ3v) is 3.90. The summed E-state index contributed by atoms with van der Waals surface area (Å²) in [6, 6.07) is 2.21. The molecule has 0 bridgehead atoms. The second-order valence-electron chi connectivity index (χ2n) is 5.00. The summed E-state index contributed by atoms with van der Waals surface area (Å²) in [7, 11) is 0. The predicted molar refractivity (Wildman–Crippen MR) is 69.8 cm³/mol. The van der Waals surface area contributed by atoms with Crippen molar-refractivity contribution in [2.45, 2.75) is 54.1 Å². The monoisotopic (exact) mass is 220 g/mol. The van der Waals surface area contributed by atoms with Crippen LogP contribution in [-0.2, 0) is 0 Å². The van der Waals surface area contributed by atoms with Crippen molar-refractivity contribution < 1.29 is 5.11 Å². The minimum atomic E-state index is -0.330. The molecule has 0 radical (unpaired) electrons. The summed E-state index contributed by atoms with van der Waals surface area (Å²) in [5, 5.41) is 10.4. The quantitative estimate of drug-likeness (QED) is 0.816.